The maximum absolute atomic E-state index is 10.6. The van der Waals surface area contributed by atoms with Crippen LogP contribution < -0.4 is 0 Å². The van der Waals surface area contributed by atoms with Gasteiger partial charge in [-0.1, -0.05) is 18.2 Å². The minimum atomic E-state index is -0.537. The van der Waals surface area contributed by atoms with E-state index in [4.69, 9.17) is 0 Å². The van der Waals surface area contributed by atoms with Crippen molar-refractivity contribution in [3.8, 4) is 11.5 Å². The molecule has 0 saturated carbocycles. The Kier molecular flexibility index (Phi) is 2.57. The number of hydrogen-bond acceptors (Lipinski definition) is 4. The number of nitrogens with zero attached hydrogens (tertiary/aromatic N) is 5. The zero-order valence-corrected chi connectivity index (χ0v) is 9.75. The first-order valence-electron chi connectivity index (χ1n) is 5.52. The Morgan fingerprint density at radius 1 is 1.00 bits per heavy atom. The molecule has 0 aliphatic carbocycles. The van der Waals surface area contributed by atoms with Crippen LogP contribution in [0.5, 0.6) is 0 Å². The van der Waals surface area contributed by atoms with Crippen LogP contribution in [0.1, 0.15) is 0 Å². The molecule has 0 radical (unpaired) electrons. The van der Waals surface area contributed by atoms with Crippen molar-refractivity contribution >= 4 is 5.82 Å². The molecule has 94 valence electrons. The normalized spacial score (nSPS) is 10.5. The average molecular weight is 255 g/mol. The largest absolute Gasteiger partial charge is 0.381 e. The summed E-state index contributed by atoms with van der Waals surface area (Å²) in [4.78, 5) is 17.9. The highest BCUT2D eigenvalue weighted by Crippen LogP contribution is 2.13. The molecule has 7 heteroatoms. The second kappa shape index (κ2) is 4.37. The number of aromatic nitrogens is 4. The number of benzene rings is 1. The quantitative estimate of drug-likeness (QED) is 0.529. The fraction of sp³-hybridized carbons (Fsp3) is 0. The van der Waals surface area contributed by atoms with Crippen LogP contribution in [0.15, 0.2) is 55.4 Å². The summed E-state index contributed by atoms with van der Waals surface area (Å²) in [7, 11) is 0. The molecule has 0 bridgehead atoms. The molecule has 0 spiro atoms. The predicted molar refractivity (Wildman–Crippen MR) is 67.3 cm³/mol. The monoisotopic (exact) mass is 255 g/mol. The minimum Gasteiger partial charge on any atom is -0.358 e. The third kappa shape index (κ3) is 2.08. The van der Waals surface area contributed by atoms with Crippen molar-refractivity contribution in [2.24, 2.45) is 0 Å². The van der Waals surface area contributed by atoms with Gasteiger partial charge in [0, 0.05) is 5.69 Å². The van der Waals surface area contributed by atoms with Gasteiger partial charge in [-0.15, -0.1) is 0 Å². The van der Waals surface area contributed by atoms with E-state index in [-0.39, 0.29) is 5.82 Å². The first kappa shape index (κ1) is 11.1. The lowest BCUT2D eigenvalue weighted by molar-refractivity contribution is -0.389. The fourth-order valence-electron chi connectivity index (χ4n) is 1.72. The molecule has 3 aromatic rings. The maximum atomic E-state index is 10.6. The smallest absolute Gasteiger partial charge is 0.358 e. The Bertz CT molecular complexity index is 717. The highest BCUT2D eigenvalue weighted by molar-refractivity contribution is 5.34. The number of imidazole rings is 2. The average Bonchev–Trinajstić information content (AvgIpc) is 3.09. The standard InChI is InChI=1S/C12H9N5O2/c18-17(19)12-7-16(9-14-12)11-6-15(8-13-11)10-4-2-1-3-5-10/h1-9H. The third-order valence-corrected chi connectivity index (χ3v) is 2.64. The first-order chi connectivity index (χ1) is 9.24. The molecule has 2 aromatic heterocycles. The van der Waals surface area contributed by atoms with Gasteiger partial charge in [-0.3, -0.25) is 4.57 Å². The molecular weight excluding hydrogens is 246 g/mol. The molecule has 19 heavy (non-hydrogen) atoms. The summed E-state index contributed by atoms with van der Waals surface area (Å²) in [6.45, 7) is 0. The van der Waals surface area contributed by atoms with Crippen LogP contribution in [0.2, 0.25) is 0 Å². The van der Waals surface area contributed by atoms with Crippen molar-refractivity contribution in [1.29, 1.82) is 0 Å². The topological polar surface area (TPSA) is 78.8 Å². The van der Waals surface area contributed by atoms with Gasteiger partial charge in [0.05, 0.1) is 6.20 Å². The van der Waals surface area contributed by atoms with Crippen LogP contribution in [0, 0.1) is 10.1 Å². The highest BCUT2D eigenvalue weighted by atomic mass is 16.6. The highest BCUT2D eigenvalue weighted by Gasteiger charge is 2.12. The van der Waals surface area contributed by atoms with Gasteiger partial charge in [-0.2, -0.15) is 0 Å². The second-order valence-electron chi connectivity index (χ2n) is 3.87. The molecule has 0 unspecified atom stereocenters. The zero-order valence-electron chi connectivity index (χ0n) is 9.75. The number of nitro groups is 1. The summed E-state index contributed by atoms with van der Waals surface area (Å²) in [6.07, 6.45) is 6.13. The van der Waals surface area contributed by atoms with E-state index in [0.717, 1.165) is 5.69 Å². The molecule has 0 N–H and O–H groups in total. The fourth-order valence-corrected chi connectivity index (χ4v) is 1.72. The molecule has 0 saturated heterocycles. The van der Waals surface area contributed by atoms with E-state index in [1.54, 1.807) is 12.5 Å². The number of hydrogen-bond donors (Lipinski definition) is 0. The molecule has 3 rings (SSSR count). The second-order valence-corrected chi connectivity index (χ2v) is 3.87. The Morgan fingerprint density at radius 2 is 1.74 bits per heavy atom. The summed E-state index contributed by atoms with van der Waals surface area (Å²) < 4.78 is 3.35. The lowest BCUT2D eigenvalue weighted by Gasteiger charge is -1.99. The van der Waals surface area contributed by atoms with Crippen LogP contribution in [0.4, 0.5) is 5.82 Å². The van der Waals surface area contributed by atoms with Crippen molar-refractivity contribution in [3.63, 3.8) is 0 Å². The predicted octanol–water partition coefficient (Wildman–Crippen LogP) is 1.97. The Hall–Kier alpha value is -2.96. The molecule has 0 atom stereocenters. The van der Waals surface area contributed by atoms with Gasteiger partial charge in [-0.25, -0.2) is 4.98 Å². The molecule has 0 amide bonds. The Labute approximate surface area is 107 Å². The summed E-state index contributed by atoms with van der Waals surface area (Å²) >= 11 is 0. The van der Waals surface area contributed by atoms with Crippen molar-refractivity contribution in [3.05, 3.63) is 65.5 Å². The van der Waals surface area contributed by atoms with Gasteiger partial charge in [-0.05, 0) is 22.0 Å². The van der Waals surface area contributed by atoms with Gasteiger partial charge >= 0.3 is 5.82 Å². The van der Waals surface area contributed by atoms with Crippen LogP contribution in [-0.2, 0) is 0 Å². The molecule has 0 fully saturated rings. The van der Waals surface area contributed by atoms with E-state index in [9.17, 15) is 10.1 Å². The molecule has 7 nitrogen and oxygen atoms in total. The van der Waals surface area contributed by atoms with Gasteiger partial charge in [0.15, 0.2) is 5.82 Å². The minimum absolute atomic E-state index is 0.200. The molecule has 1 aromatic carbocycles. The van der Waals surface area contributed by atoms with Crippen molar-refractivity contribution < 1.29 is 4.92 Å². The van der Waals surface area contributed by atoms with E-state index in [2.05, 4.69) is 9.97 Å². The van der Waals surface area contributed by atoms with Gasteiger partial charge in [0.1, 0.15) is 12.5 Å². The maximum Gasteiger partial charge on any atom is 0.381 e. The van der Waals surface area contributed by atoms with Crippen LogP contribution in [-0.4, -0.2) is 24.0 Å². The van der Waals surface area contributed by atoms with E-state index < -0.39 is 4.92 Å². The van der Waals surface area contributed by atoms with Crippen molar-refractivity contribution in [2.75, 3.05) is 0 Å². The zero-order chi connectivity index (χ0) is 13.2. The van der Waals surface area contributed by atoms with Gasteiger partial charge in [0.2, 0.25) is 6.33 Å². The van der Waals surface area contributed by atoms with Gasteiger partial charge < -0.3 is 14.7 Å². The first-order valence-corrected chi connectivity index (χ1v) is 5.52. The van der Waals surface area contributed by atoms with E-state index in [0.29, 0.717) is 5.82 Å². The van der Waals surface area contributed by atoms with Crippen LogP contribution in [0.3, 0.4) is 0 Å². The lowest BCUT2D eigenvalue weighted by Crippen LogP contribution is -1.91. The molecule has 2 heterocycles. The van der Waals surface area contributed by atoms with E-state index >= 15 is 0 Å². The number of rotatable bonds is 3. The SMILES string of the molecule is O=[N+]([O-])c1cn(-c2cn(-c3ccccc3)cn2)cn1. The van der Waals surface area contributed by atoms with E-state index in [1.165, 1.54) is 17.1 Å². The van der Waals surface area contributed by atoms with Crippen LogP contribution >= 0.6 is 0 Å². The van der Waals surface area contributed by atoms with Crippen molar-refractivity contribution in [1.82, 2.24) is 19.1 Å². The summed E-state index contributed by atoms with van der Waals surface area (Å²) in [5.74, 6) is 0.374. The molecule has 0 aliphatic rings. The lowest BCUT2D eigenvalue weighted by atomic mass is 10.3. The van der Waals surface area contributed by atoms with Crippen LogP contribution in [0.25, 0.3) is 11.5 Å². The Morgan fingerprint density at radius 3 is 2.42 bits per heavy atom. The summed E-state index contributed by atoms with van der Waals surface area (Å²) in [5.41, 5.74) is 0.968. The Balaban J connectivity index is 1.94. The number of para-hydroxylation sites is 1. The summed E-state index contributed by atoms with van der Waals surface area (Å²) in [6, 6.07) is 9.68. The molecule has 0 aliphatic heterocycles. The summed E-state index contributed by atoms with van der Waals surface area (Å²) in [5, 5.41) is 10.6. The van der Waals surface area contributed by atoms with E-state index in [1.807, 2.05) is 34.9 Å². The third-order valence-electron chi connectivity index (χ3n) is 2.64. The van der Waals surface area contributed by atoms with Gasteiger partial charge in [0.25, 0.3) is 0 Å². The van der Waals surface area contributed by atoms with Crippen molar-refractivity contribution in [2.45, 2.75) is 0 Å². The molecular formula is C12H9N5O2.